The van der Waals surface area contributed by atoms with Gasteiger partial charge in [0.15, 0.2) is 6.61 Å². The first kappa shape index (κ1) is 24.8. The number of methoxy groups -OCH3 is 1. The molecule has 0 radical (unpaired) electrons. The zero-order chi connectivity index (χ0) is 25.9. The number of carbonyl (C=O) groups excluding carboxylic acids is 2. The number of fused-ring (bicyclic) bond motifs is 2. The standard InChI is InChI=1S/C31H32N2O4/c1-19-7-6-10-27(20(19)2)33-30(34)18-37-31(35)26-17-29(32-28-9-5-4-8-25(26)28)23-12-11-22-16-24(36-3)14-13-21(22)15-23/h4-5,8-9,11-17,19-20,27H,6-7,10,18H2,1-3H3,(H,33,34). The summed E-state index contributed by atoms with van der Waals surface area (Å²) in [7, 11) is 1.65. The molecule has 6 heteroatoms. The highest BCUT2D eigenvalue weighted by Gasteiger charge is 2.28. The third-order valence-electron chi connectivity index (χ3n) is 7.67. The molecule has 37 heavy (non-hydrogen) atoms. The second-order valence-electron chi connectivity index (χ2n) is 10.0. The summed E-state index contributed by atoms with van der Waals surface area (Å²) in [5.74, 6) is 0.975. The number of carbonyl (C=O) groups is 2. The summed E-state index contributed by atoms with van der Waals surface area (Å²) in [6.07, 6.45) is 3.25. The van der Waals surface area contributed by atoms with E-state index in [9.17, 15) is 9.59 Å². The molecular formula is C31H32N2O4. The van der Waals surface area contributed by atoms with Crippen LogP contribution in [0.2, 0.25) is 0 Å². The second kappa shape index (κ2) is 10.6. The maximum atomic E-state index is 13.2. The lowest BCUT2D eigenvalue weighted by atomic mass is 9.78. The molecule has 1 aromatic heterocycles. The summed E-state index contributed by atoms with van der Waals surface area (Å²) >= 11 is 0. The van der Waals surface area contributed by atoms with Gasteiger partial charge in [0.05, 0.1) is 23.9 Å². The van der Waals surface area contributed by atoms with Crippen molar-refractivity contribution in [3.8, 4) is 17.0 Å². The number of para-hydroxylation sites is 1. The zero-order valence-electron chi connectivity index (χ0n) is 21.5. The van der Waals surface area contributed by atoms with Gasteiger partial charge in [0.1, 0.15) is 5.75 Å². The summed E-state index contributed by atoms with van der Waals surface area (Å²) in [5, 5.41) is 5.85. The molecule has 1 fully saturated rings. The Hall–Kier alpha value is -3.93. The Balaban J connectivity index is 1.38. The molecule has 6 nitrogen and oxygen atoms in total. The van der Waals surface area contributed by atoms with E-state index in [1.54, 1.807) is 13.2 Å². The molecular weight excluding hydrogens is 464 g/mol. The van der Waals surface area contributed by atoms with E-state index < -0.39 is 5.97 Å². The predicted molar refractivity (Wildman–Crippen MR) is 146 cm³/mol. The van der Waals surface area contributed by atoms with Crippen molar-refractivity contribution in [3.63, 3.8) is 0 Å². The Bertz CT molecular complexity index is 1460. The molecule has 0 saturated heterocycles. The minimum absolute atomic E-state index is 0.121. The van der Waals surface area contributed by atoms with E-state index in [4.69, 9.17) is 14.5 Å². The quantitative estimate of drug-likeness (QED) is 0.324. The van der Waals surface area contributed by atoms with Crippen LogP contribution in [-0.4, -0.2) is 36.6 Å². The highest BCUT2D eigenvalue weighted by molar-refractivity contribution is 6.05. The molecule has 4 aromatic rings. The summed E-state index contributed by atoms with van der Waals surface area (Å²) in [6, 6.07) is 21.3. The first-order valence-corrected chi connectivity index (χ1v) is 12.9. The van der Waals surface area contributed by atoms with Crippen LogP contribution < -0.4 is 10.1 Å². The minimum Gasteiger partial charge on any atom is -0.497 e. The Morgan fingerprint density at radius 1 is 0.973 bits per heavy atom. The van der Waals surface area contributed by atoms with Gasteiger partial charge in [0, 0.05) is 17.0 Å². The molecule has 1 saturated carbocycles. The van der Waals surface area contributed by atoms with Crippen LogP contribution in [0.5, 0.6) is 5.75 Å². The van der Waals surface area contributed by atoms with Crippen molar-refractivity contribution in [1.82, 2.24) is 10.3 Å². The number of ether oxygens (including phenoxy) is 2. The lowest BCUT2D eigenvalue weighted by Gasteiger charge is -2.34. The Morgan fingerprint density at radius 3 is 2.59 bits per heavy atom. The van der Waals surface area contributed by atoms with Crippen LogP contribution in [0.4, 0.5) is 0 Å². The number of hydrogen-bond acceptors (Lipinski definition) is 5. The number of hydrogen-bond donors (Lipinski definition) is 1. The van der Waals surface area contributed by atoms with Gasteiger partial charge in [-0.05, 0) is 59.4 Å². The van der Waals surface area contributed by atoms with Gasteiger partial charge in [0.25, 0.3) is 5.91 Å². The molecule has 1 aliphatic carbocycles. The van der Waals surface area contributed by atoms with Gasteiger partial charge >= 0.3 is 5.97 Å². The fraction of sp³-hybridized carbons (Fsp3) is 0.323. The largest absolute Gasteiger partial charge is 0.497 e. The van der Waals surface area contributed by atoms with Crippen molar-refractivity contribution < 1.29 is 19.1 Å². The monoisotopic (exact) mass is 496 g/mol. The maximum Gasteiger partial charge on any atom is 0.339 e. The fourth-order valence-electron chi connectivity index (χ4n) is 5.25. The zero-order valence-corrected chi connectivity index (χ0v) is 21.5. The first-order chi connectivity index (χ1) is 17.9. The van der Waals surface area contributed by atoms with Crippen LogP contribution in [0, 0.1) is 11.8 Å². The molecule has 3 aromatic carbocycles. The fourth-order valence-corrected chi connectivity index (χ4v) is 5.25. The molecule has 0 aliphatic heterocycles. The smallest absolute Gasteiger partial charge is 0.339 e. The van der Waals surface area contributed by atoms with Crippen LogP contribution >= 0.6 is 0 Å². The van der Waals surface area contributed by atoms with Gasteiger partial charge in [-0.3, -0.25) is 4.79 Å². The minimum atomic E-state index is -0.536. The van der Waals surface area contributed by atoms with Gasteiger partial charge in [0.2, 0.25) is 0 Å². The number of pyridine rings is 1. The van der Waals surface area contributed by atoms with E-state index in [1.807, 2.05) is 60.7 Å². The topological polar surface area (TPSA) is 77.5 Å². The number of aromatic nitrogens is 1. The highest BCUT2D eigenvalue weighted by Crippen LogP contribution is 2.30. The Labute approximate surface area is 217 Å². The molecule has 1 amide bonds. The van der Waals surface area contributed by atoms with Crippen molar-refractivity contribution in [2.24, 2.45) is 11.8 Å². The van der Waals surface area contributed by atoms with Crippen molar-refractivity contribution in [1.29, 1.82) is 0 Å². The van der Waals surface area contributed by atoms with Crippen molar-refractivity contribution in [3.05, 3.63) is 72.3 Å². The maximum absolute atomic E-state index is 13.2. The number of benzene rings is 3. The van der Waals surface area contributed by atoms with E-state index in [1.165, 1.54) is 6.42 Å². The third kappa shape index (κ3) is 5.29. The second-order valence-corrected chi connectivity index (χ2v) is 10.0. The van der Waals surface area contributed by atoms with Crippen molar-refractivity contribution >= 4 is 33.6 Å². The van der Waals surface area contributed by atoms with Gasteiger partial charge < -0.3 is 14.8 Å². The molecule has 0 spiro atoms. The number of rotatable bonds is 6. The van der Waals surface area contributed by atoms with E-state index in [-0.39, 0.29) is 18.6 Å². The predicted octanol–water partition coefficient (Wildman–Crippen LogP) is 6.16. The number of nitrogens with zero attached hydrogens (tertiary/aromatic N) is 1. The molecule has 190 valence electrons. The van der Waals surface area contributed by atoms with Crippen LogP contribution in [0.1, 0.15) is 43.5 Å². The normalized spacial score (nSPS) is 19.5. The lowest BCUT2D eigenvalue weighted by Crippen LogP contribution is -2.45. The molecule has 1 heterocycles. The molecule has 3 unspecified atom stereocenters. The Morgan fingerprint density at radius 2 is 1.76 bits per heavy atom. The molecule has 5 rings (SSSR count). The number of esters is 1. The average molecular weight is 497 g/mol. The molecule has 1 N–H and O–H groups in total. The lowest BCUT2D eigenvalue weighted by molar-refractivity contribution is -0.125. The van der Waals surface area contributed by atoms with Gasteiger partial charge in [-0.1, -0.05) is 63.1 Å². The summed E-state index contributed by atoms with van der Waals surface area (Å²) < 4.78 is 10.8. The van der Waals surface area contributed by atoms with E-state index >= 15 is 0 Å². The first-order valence-electron chi connectivity index (χ1n) is 12.9. The summed E-state index contributed by atoms with van der Waals surface area (Å²) in [6.45, 7) is 4.09. The van der Waals surface area contributed by atoms with Gasteiger partial charge in [-0.2, -0.15) is 0 Å². The summed E-state index contributed by atoms with van der Waals surface area (Å²) in [5.41, 5.74) is 2.63. The average Bonchev–Trinajstić information content (AvgIpc) is 2.93. The van der Waals surface area contributed by atoms with Crippen molar-refractivity contribution in [2.45, 2.75) is 39.2 Å². The van der Waals surface area contributed by atoms with Crippen LogP contribution in [0.3, 0.4) is 0 Å². The van der Waals surface area contributed by atoms with E-state index in [0.29, 0.717) is 34.0 Å². The summed E-state index contributed by atoms with van der Waals surface area (Å²) in [4.78, 5) is 30.6. The number of amides is 1. The third-order valence-corrected chi connectivity index (χ3v) is 7.67. The molecule has 0 bridgehead atoms. The number of nitrogens with one attached hydrogen (secondary N) is 1. The molecule has 1 aliphatic rings. The van der Waals surface area contributed by atoms with Gasteiger partial charge in [-0.25, -0.2) is 9.78 Å². The highest BCUT2D eigenvalue weighted by atomic mass is 16.5. The van der Waals surface area contributed by atoms with Crippen LogP contribution in [0.25, 0.3) is 32.9 Å². The Kier molecular flexibility index (Phi) is 7.08. The molecule has 3 atom stereocenters. The van der Waals surface area contributed by atoms with Gasteiger partial charge in [-0.15, -0.1) is 0 Å². The SMILES string of the molecule is COc1ccc2cc(-c3cc(C(=O)OCC(=O)NC4CCCC(C)C4C)c4ccccc4n3)ccc2c1. The van der Waals surface area contributed by atoms with Crippen LogP contribution in [-0.2, 0) is 9.53 Å². The van der Waals surface area contributed by atoms with Crippen LogP contribution in [0.15, 0.2) is 66.7 Å². The van der Waals surface area contributed by atoms with E-state index in [0.717, 1.165) is 34.9 Å². The van der Waals surface area contributed by atoms with E-state index in [2.05, 4.69) is 19.2 Å². The van der Waals surface area contributed by atoms with Crippen molar-refractivity contribution in [2.75, 3.05) is 13.7 Å².